The fourth-order valence-corrected chi connectivity index (χ4v) is 5.99. The van der Waals surface area contributed by atoms with E-state index in [1.807, 2.05) is 43.3 Å². The molecule has 3 aromatic rings. The van der Waals surface area contributed by atoms with Crippen molar-refractivity contribution < 1.29 is 9.21 Å². The van der Waals surface area contributed by atoms with Crippen LogP contribution in [0.4, 0.5) is 6.01 Å². The summed E-state index contributed by atoms with van der Waals surface area (Å²) in [4.78, 5) is 28.1. The van der Waals surface area contributed by atoms with Gasteiger partial charge in [-0.2, -0.15) is 4.98 Å². The van der Waals surface area contributed by atoms with Crippen LogP contribution in [0.25, 0.3) is 11.1 Å². The molecule has 1 aliphatic carbocycles. The Morgan fingerprint density at radius 2 is 1.81 bits per heavy atom. The van der Waals surface area contributed by atoms with Gasteiger partial charge in [-0.3, -0.25) is 10.1 Å². The van der Waals surface area contributed by atoms with Crippen LogP contribution in [0.15, 0.2) is 62.9 Å². The van der Waals surface area contributed by atoms with E-state index in [4.69, 9.17) is 14.4 Å². The Hall–Kier alpha value is -3.28. The molecule has 2 aromatic carbocycles. The summed E-state index contributed by atoms with van der Waals surface area (Å²) < 4.78 is 5.84. The maximum absolute atomic E-state index is 13.9. The minimum Gasteiger partial charge on any atom is -0.423 e. The molecule has 5 rings (SSSR count). The summed E-state index contributed by atoms with van der Waals surface area (Å²) in [5, 5.41) is 3.16. The van der Waals surface area contributed by atoms with Crippen molar-refractivity contribution in [1.82, 2.24) is 4.98 Å². The predicted octanol–water partition coefficient (Wildman–Crippen LogP) is 7.30. The van der Waals surface area contributed by atoms with Gasteiger partial charge in [-0.25, -0.2) is 9.98 Å². The average molecular weight is 485 g/mol. The smallest absolute Gasteiger partial charge is 0.302 e. The van der Waals surface area contributed by atoms with Gasteiger partial charge < -0.3 is 4.42 Å². The molecule has 0 amide bonds. The number of fused-ring (bicyclic) bond motifs is 1. The molecule has 2 heterocycles. The van der Waals surface area contributed by atoms with Gasteiger partial charge in [0.15, 0.2) is 5.58 Å². The lowest BCUT2D eigenvalue weighted by molar-refractivity contribution is -0.123. The quantitative estimate of drug-likeness (QED) is 0.381. The first-order valence-electron chi connectivity index (χ1n) is 13.4. The van der Waals surface area contributed by atoms with E-state index < -0.39 is 0 Å². The number of rotatable bonds is 7. The molecule has 0 spiro atoms. The number of nitrogens with zero attached hydrogens (tertiary/aromatic N) is 3. The normalized spacial score (nSPS) is 21.6. The van der Waals surface area contributed by atoms with Crippen molar-refractivity contribution in [2.75, 3.05) is 5.32 Å². The van der Waals surface area contributed by atoms with Crippen LogP contribution in [0.1, 0.15) is 76.0 Å². The summed E-state index contributed by atoms with van der Waals surface area (Å²) in [6.07, 6.45) is 8.06. The van der Waals surface area contributed by atoms with Gasteiger partial charge in [0.25, 0.3) is 0 Å². The maximum atomic E-state index is 13.9. The van der Waals surface area contributed by atoms with Crippen molar-refractivity contribution in [2.24, 2.45) is 27.7 Å². The number of hydrogen-bond acceptors (Lipinski definition) is 6. The molecule has 188 valence electrons. The van der Waals surface area contributed by atoms with Crippen LogP contribution >= 0.6 is 0 Å². The first-order valence-corrected chi connectivity index (χ1v) is 13.4. The molecule has 0 bridgehead atoms. The lowest BCUT2D eigenvalue weighted by atomic mass is 9.74. The number of oxazole rings is 1. The molecule has 36 heavy (non-hydrogen) atoms. The summed E-state index contributed by atoms with van der Waals surface area (Å²) in [5.41, 5.74) is 4.45. The SMILES string of the molecule is CCC(CC(=O)C1C(C)=NC(Nc2nc3ccccc3o2)=NC1c1ccccc1C)C1CCCCC1. The average Bonchev–Trinajstić information content (AvgIpc) is 3.30. The highest BCUT2D eigenvalue weighted by molar-refractivity contribution is 6.12. The van der Waals surface area contributed by atoms with Gasteiger partial charge in [0.05, 0.1) is 12.0 Å². The van der Waals surface area contributed by atoms with E-state index in [1.165, 1.54) is 32.1 Å². The van der Waals surface area contributed by atoms with Crippen molar-refractivity contribution in [1.29, 1.82) is 0 Å². The zero-order chi connectivity index (χ0) is 25.1. The molecule has 1 aromatic heterocycles. The number of Topliss-reactive ketones (excluding diaryl/α,β-unsaturated/α-hetero) is 1. The van der Waals surface area contributed by atoms with E-state index in [2.05, 4.69) is 36.3 Å². The number of aliphatic imine (C=N–C) groups is 2. The number of aryl methyl sites for hydroxylation is 1. The summed E-state index contributed by atoms with van der Waals surface area (Å²) in [5.74, 6) is 1.41. The lowest BCUT2D eigenvalue weighted by Crippen LogP contribution is -2.35. The zero-order valence-electron chi connectivity index (χ0n) is 21.5. The summed E-state index contributed by atoms with van der Waals surface area (Å²) in [6, 6.07) is 15.9. The number of hydrogen-bond donors (Lipinski definition) is 1. The fourth-order valence-electron chi connectivity index (χ4n) is 5.99. The number of carbonyl (C=O) groups excluding carboxylic acids is 1. The molecule has 1 saturated carbocycles. The third kappa shape index (κ3) is 5.13. The van der Waals surface area contributed by atoms with Gasteiger partial charge in [0.1, 0.15) is 11.3 Å². The van der Waals surface area contributed by atoms with Crippen molar-refractivity contribution in [3.63, 3.8) is 0 Å². The van der Waals surface area contributed by atoms with E-state index in [1.54, 1.807) is 0 Å². The Morgan fingerprint density at radius 1 is 1.06 bits per heavy atom. The van der Waals surface area contributed by atoms with Crippen LogP contribution in [0, 0.1) is 24.7 Å². The molecule has 1 aliphatic heterocycles. The number of guanidine groups is 1. The summed E-state index contributed by atoms with van der Waals surface area (Å²) in [7, 11) is 0. The van der Waals surface area contributed by atoms with E-state index in [0.29, 0.717) is 35.8 Å². The molecule has 3 atom stereocenters. The number of aromatic nitrogens is 1. The van der Waals surface area contributed by atoms with Gasteiger partial charge in [-0.05, 0) is 48.9 Å². The third-order valence-electron chi connectivity index (χ3n) is 7.98. The fraction of sp³-hybridized carbons (Fsp3) is 0.467. The lowest BCUT2D eigenvalue weighted by Gasteiger charge is -2.32. The standard InChI is InChI=1S/C30H36N4O2/c1-4-21(22-13-6-5-7-14-22)18-25(35)27-20(3)31-29(33-28(27)23-15-9-8-12-19(23)2)34-30-32-24-16-10-11-17-26(24)36-30/h8-12,15-17,21-22,27-28H,4-7,13-14,18H2,1-3H3,(H,32,33,34). The Kier molecular flexibility index (Phi) is 7.30. The number of carbonyl (C=O) groups is 1. The number of nitrogens with one attached hydrogen (secondary N) is 1. The van der Waals surface area contributed by atoms with E-state index >= 15 is 0 Å². The second kappa shape index (κ2) is 10.8. The summed E-state index contributed by atoms with van der Waals surface area (Å²) in [6.45, 7) is 6.27. The largest absolute Gasteiger partial charge is 0.423 e. The molecule has 3 unspecified atom stereocenters. The van der Waals surface area contributed by atoms with Gasteiger partial charge in [-0.1, -0.05) is 81.8 Å². The molecule has 0 saturated heterocycles. The van der Waals surface area contributed by atoms with Crippen molar-refractivity contribution in [3.8, 4) is 0 Å². The van der Waals surface area contributed by atoms with Crippen LogP contribution < -0.4 is 5.32 Å². The minimum atomic E-state index is -0.363. The monoisotopic (exact) mass is 484 g/mol. The number of benzene rings is 2. The van der Waals surface area contributed by atoms with Gasteiger partial charge >= 0.3 is 6.01 Å². The molecule has 2 aliphatic rings. The van der Waals surface area contributed by atoms with Crippen molar-refractivity contribution in [3.05, 3.63) is 59.7 Å². The predicted molar refractivity (Wildman–Crippen MR) is 146 cm³/mol. The topological polar surface area (TPSA) is 79.9 Å². The maximum Gasteiger partial charge on any atom is 0.302 e. The number of anilines is 1. The molecular formula is C30H36N4O2. The molecule has 0 radical (unpaired) electrons. The number of ketones is 1. The first kappa shape index (κ1) is 24.4. The van der Waals surface area contributed by atoms with Crippen LogP contribution in [-0.4, -0.2) is 22.4 Å². The van der Waals surface area contributed by atoms with E-state index in [0.717, 1.165) is 28.8 Å². The highest BCUT2D eigenvalue weighted by Crippen LogP contribution is 2.38. The molecule has 6 heteroatoms. The van der Waals surface area contributed by atoms with Crippen molar-refractivity contribution >= 4 is 34.6 Å². The molecule has 1 fully saturated rings. The van der Waals surface area contributed by atoms with Crippen LogP contribution in [-0.2, 0) is 4.79 Å². The highest BCUT2D eigenvalue weighted by atomic mass is 16.4. The third-order valence-corrected chi connectivity index (χ3v) is 7.98. The Morgan fingerprint density at radius 3 is 2.56 bits per heavy atom. The Balaban J connectivity index is 1.43. The van der Waals surface area contributed by atoms with Crippen LogP contribution in [0.5, 0.6) is 0 Å². The number of para-hydroxylation sites is 2. The second-order valence-electron chi connectivity index (χ2n) is 10.3. The van der Waals surface area contributed by atoms with Gasteiger partial charge in [0.2, 0.25) is 5.96 Å². The molecule has 6 nitrogen and oxygen atoms in total. The Labute approximate surface area is 213 Å². The molecule has 1 N–H and O–H groups in total. The zero-order valence-corrected chi connectivity index (χ0v) is 21.5. The highest BCUT2D eigenvalue weighted by Gasteiger charge is 2.37. The van der Waals surface area contributed by atoms with E-state index in [-0.39, 0.29) is 17.7 Å². The minimum absolute atomic E-state index is 0.256. The van der Waals surface area contributed by atoms with Crippen LogP contribution in [0.3, 0.4) is 0 Å². The Bertz CT molecular complexity index is 1250. The molecular weight excluding hydrogens is 448 g/mol. The van der Waals surface area contributed by atoms with E-state index in [9.17, 15) is 4.79 Å². The van der Waals surface area contributed by atoms with Gasteiger partial charge in [-0.15, -0.1) is 0 Å². The second-order valence-corrected chi connectivity index (χ2v) is 10.3. The first-order chi connectivity index (χ1) is 17.5. The summed E-state index contributed by atoms with van der Waals surface area (Å²) >= 11 is 0. The van der Waals surface area contributed by atoms with Crippen molar-refractivity contribution in [2.45, 2.75) is 71.8 Å². The van der Waals surface area contributed by atoms with Gasteiger partial charge in [0, 0.05) is 12.1 Å². The van der Waals surface area contributed by atoms with Crippen LogP contribution in [0.2, 0.25) is 0 Å².